The number of ether oxygens (including phenoxy) is 1. The fourth-order valence-corrected chi connectivity index (χ4v) is 3.29. The van der Waals surface area contributed by atoms with E-state index in [-0.39, 0.29) is 24.2 Å². The van der Waals surface area contributed by atoms with Crippen LogP contribution in [0.4, 0.5) is 0 Å². The largest absolute Gasteiger partial charge is 0.368 e. The molecule has 1 saturated carbocycles. The van der Waals surface area contributed by atoms with Gasteiger partial charge in [-0.25, -0.2) is 0 Å². The van der Waals surface area contributed by atoms with Crippen molar-refractivity contribution < 1.29 is 9.53 Å². The quantitative estimate of drug-likeness (QED) is 0.755. The van der Waals surface area contributed by atoms with Crippen LogP contribution in [-0.4, -0.2) is 62.8 Å². The molecule has 0 spiro atoms. The summed E-state index contributed by atoms with van der Waals surface area (Å²) in [4.78, 5) is 14.2. The number of carbonyl (C=O) groups excluding carboxylic acids is 1. The van der Waals surface area contributed by atoms with Gasteiger partial charge in [-0.3, -0.25) is 4.79 Å². The molecule has 1 saturated heterocycles. The van der Waals surface area contributed by atoms with E-state index in [0.29, 0.717) is 0 Å². The standard InChI is InChI=1S/C15H29N3O2/c1-18(2)15(7-3-4-8-15)12-17-14(19)11-20-13-5-9-16-10-6-13/h13,16H,3-12H2,1-2H3,(H,17,19). The van der Waals surface area contributed by atoms with Crippen molar-refractivity contribution in [3.63, 3.8) is 0 Å². The first-order chi connectivity index (χ1) is 9.62. The molecule has 0 aromatic carbocycles. The highest BCUT2D eigenvalue weighted by atomic mass is 16.5. The van der Waals surface area contributed by atoms with Gasteiger partial charge in [0.1, 0.15) is 6.61 Å². The van der Waals surface area contributed by atoms with E-state index in [4.69, 9.17) is 4.74 Å². The number of piperidine rings is 1. The van der Waals surface area contributed by atoms with Gasteiger partial charge in [-0.1, -0.05) is 12.8 Å². The van der Waals surface area contributed by atoms with Crippen molar-refractivity contribution in [1.82, 2.24) is 15.5 Å². The fraction of sp³-hybridized carbons (Fsp3) is 0.933. The smallest absolute Gasteiger partial charge is 0.246 e. The van der Waals surface area contributed by atoms with E-state index < -0.39 is 0 Å². The molecule has 0 radical (unpaired) electrons. The number of likely N-dealkylation sites (N-methyl/N-ethyl adjacent to an activating group) is 1. The van der Waals surface area contributed by atoms with Gasteiger partial charge in [0.2, 0.25) is 5.91 Å². The van der Waals surface area contributed by atoms with Crippen LogP contribution in [0.25, 0.3) is 0 Å². The Morgan fingerprint density at radius 3 is 2.55 bits per heavy atom. The Kier molecular flexibility index (Phi) is 5.81. The molecule has 0 aromatic rings. The number of nitrogens with one attached hydrogen (secondary N) is 2. The number of rotatable bonds is 6. The summed E-state index contributed by atoms with van der Waals surface area (Å²) in [6.45, 7) is 2.94. The maximum absolute atomic E-state index is 11.9. The first kappa shape index (κ1) is 15.7. The monoisotopic (exact) mass is 283 g/mol. The molecular formula is C15H29N3O2. The number of amides is 1. The minimum Gasteiger partial charge on any atom is -0.368 e. The summed E-state index contributed by atoms with van der Waals surface area (Å²) in [6, 6.07) is 0. The molecule has 0 aromatic heterocycles. The second kappa shape index (κ2) is 7.38. The van der Waals surface area contributed by atoms with Crippen molar-refractivity contribution in [3.05, 3.63) is 0 Å². The Balaban J connectivity index is 1.68. The predicted molar refractivity (Wildman–Crippen MR) is 79.7 cm³/mol. The number of carbonyl (C=O) groups is 1. The lowest BCUT2D eigenvalue weighted by Gasteiger charge is -2.36. The van der Waals surface area contributed by atoms with Crippen molar-refractivity contribution >= 4 is 5.91 Å². The van der Waals surface area contributed by atoms with Crippen LogP contribution in [0, 0.1) is 0 Å². The number of nitrogens with zero attached hydrogens (tertiary/aromatic N) is 1. The van der Waals surface area contributed by atoms with Gasteiger partial charge in [-0.2, -0.15) is 0 Å². The van der Waals surface area contributed by atoms with E-state index in [2.05, 4.69) is 29.6 Å². The molecule has 1 amide bonds. The Morgan fingerprint density at radius 1 is 1.30 bits per heavy atom. The van der Waals surface area contributed by atoms with Crippen molar-refractivity contribution in [1.29, 1.82) is 0 Å². The molecule has 2 fully saturated rings. The molecule has 0 unspecified atom stereocenters. The summed E-state index contributed by atoms with van der Waals surface area (Å²) in [7, 11) is 4.23. The zero-order chi connectivity index (χ0) is 14.4. The van der Waals surface area contributed by atoms with Gasteiger partial charge in [0, 0.05) is 12.1 Å². The predicted octanol–water partition coefficient (Wildman–Crippen LogP) is 0.746. The minimum absolute atomic E-state index is 0.0247. The molecular weight excluding hydrogens is 254 g/mol. The molecule has 5 nitrogen and oxygen atoms in total. The molecule has 0 atom stereocenters. The second-order valence-electron chi connectivity index (χ2n) is 6.36. The van der Waals surface area contributed by atoms with Gasteiger partial charge in [0.05, 0.1) is 6.10 Å². The van der Waals surface area contributed by atoms with Crippen LogP contribution in [0.1, 0.15) is 38.5 Å². The van der Waals surface area contributed by atoms with Gasteiger partial charge in [-0.15, -0.1) is 0 Å². The van der Waals surface area contributed by atoms with E-state index in [1.165, 1.54) is 25.7 Å². The van der Waals surface area contributed by atoms with Gasteiger partial charge in [-0.05, 0) is 52.9 Å². The Morgan fingerprint density at radius 2 is 1.95 bits per heavy atom. The zero-order valence-electron chi connectivity index (χ0n) is 12.9. The van der Waals surface area contributed by atoms with Crippen LogP contribution in [0.15, 0.2) is 0 Å². The van der Waals surface area contributed by atoms with Crippen molar-refractivity contribution in [2.24, 2.45) is 0 Å². The third-order valence-corrected chi connectivity index (χ3v) is 4.83. The van der Waals surface area contributed by atoms with Gasteiger partial charge in [0.25, 0.3) is 0 Å². The first-order valence-corrected chi connectivity index (χ1v) is 7.89. The summed E-state index contributed by atoms with van der Waals surface area (Å²) in [5.74, 6) is 0.0247. The zero-order valence-corrected chi connectivity index (χ0v) is 12.9. The van der Waals surface area contributed by atoms with Crippen LogP contribution in [0.3, 0.4) is 0 Å². The summed E-state index contributed by atoms with van der Waals surface area (Å²) in [6.07, 6.45) is 7.14. The molecule has 1 heterocycles. The maximum atomic E-state index is 11.9. The fourth-order valence-electron chi connectivity index (χ4n) is 3.29. The van der Waals surface area contributed by atoms with Crippen LogP contribution in [0.5, 0.6) is 0 Å². The topological polar surface area (TPSA) is 53.6 Å². The average Bonchev–Trinajstić information content (AvgIpc) is 2.94. The molecule has 2 N–H and O–H groups in total. The molecule has 1 aliphatic heterocycles. The van der Waals surface area contributed by atoms with Crippen LogP contribution in [-0.2, 0) is 9.53 Å². The molecule has 116 valence electrons. The molecule has 1 aliphatic carbocycles. The van der Waals surface area contributed by atoms with E-state index >= 15 is 0 Å². The van der Waals surface area contributed by atoms with E-state index in [9.17, 15) is 4.79 Å². The van der Waals surface area contributed by atoms with Crippen molar-refractivity contribution in [2.45, 2.75) is 50.2 Å². The SMILES string of the molecule is CN(C)C1(CNC(=O)COC2CCNCC2)CCCC1. The highest BCUT2D eigenvalue weighted by Crippen LogP contribution is 2.32. The second-order valence-corrected chi connectivity index (χ2v) is 6.36. The van der Waals surface area contributed by atoms with Crippen molar-refractivity contribution in [3.8, 4) is 0 Å². The lowest BCUT2D eigenvalue weighted by molar-refractivity contribution is -0.128. The first-order valence-electron chi connectivity index (χ1n) is 7.89. The van der Waals surface area contributed by atoms with E-state index in [1.807, 2.05) is 0 Å². The summed E-state index contributed by atoms with van der Waals surface area (Å²) >= 11 is 0. The normalized spacial score (nSPS) is 23.1. The van der Waals surface area contributed by atoms with Gasteiger partial charge in [0.15, 0.2) is 0 Å². The molecule has 5 heteroatoms. The number of hydrogen-bond acceptors (Lipinski definition) is 4. The number of hydrogen-bond donors (Lipinski definition) is 2. The average molecular weight is 283 g/mol. The molecule has 20 heavy (non-hydrogen) atoms. The summed E-state index contributed by atoms with van der Waals surface area (Å²) < 4.78 is 5.69. The van der Waals surface area contributed by atoms with Crippen molar-refractivity contribution in [2.75, 3.05) is 40.3 Å². The lowest BCUT2D eigenvalue weighted by Crippen LogP contribution is -2.51. The third-order valence-electron chi connectivity index (χ3n) is 4.83. The van der Waals surface area contributed by atoms with E-state index in [0.717, 1.165) is 32.5 Å². The van der Waals surface area contributed by atoms with Crippen LogP contribution >= 0.6 is 0 Å². The van der Waals surface area contributed by atoms with Gasteiger partial charge >= 0.3 is 0 Å². The van der Waals surface area contributed by atoms with E-state index in [1.54, 1.807) is 0 Å². The Labute approximate surface area is 122 Å². The Bertz CT molecular complexity index is 308. The highest BCUT2D eigenvalue weighted by Gasteiger charge is 2.36. The Hall–Kier alpha value is -0.650. The minimum atomic E-state index is 0.0247. The maximum Gasteiger partial charge on any atom is 0.246 e. The molecule has 2 rings (SSSR count). The molecule has 0 bridgehead atoms. The van der Waals surface area contributed by atoms with Gasteiger partial charge < -0.3 is 20.3 Å². The van der Waals surface area contributed by atoms with Crippen LogP contribution in [0.2, 0.25) is 0 Å². The molecule has 2 aliphatic rings. The van der Waals surface area contributed by atoms with Crippen LogP contribution < -0.4 is 10.6 Å². The lowest BCUT2D eigenvalue weighted by atomic mass is 9.96. The third kappa shape index (κ3) is 4.17. The summed E-state index contributed by atoms with van der Waals surface area (Å²) in [5.41, 5.74) is 0.157. The highest BCUT2D eigenvalue weighted by molar-refractivity contribution is 5.77. The summed E-state index contributed by atoms with van der Waals surface area (Å²) in [5, 5.41) is 6.36.